The first-order valence-corrected chi connectivity index (χ1v) is 7.60. The van der Waals surface area contributed by atoms with Crippen molar-refractivity contribution in [3.63, 3.8) is 0 Å². The summed E-state index contributed by atoms with van der Waals surface area (Å²) in [5.74, 6) is 1.72. The maximum absolute atomic E-state index is 12.1. The molecule has 126 valence electrons. The summed E-state index contributed by atoms with van der Waals surface area (Å²) in [6, 6.07) is 12.7. The number of anilines is 1. The SMILES string of the molecule is CCOc1ccccc1NC(=O)/C=C/c1ccc(OC)cc1OC. The van der Waals surface area contributed by atoms with Gasteiger partial charge in [-0.3, -0.25) is 4.79 Å². The number of methoxy groups -OCH3 is 2. The molecule has 0 saturated carbocycles. The fourth-order valence-corrected chi connectivity index (χ4v) is 2.15. The van der Waals surface area contributed by atoms with Gasteiger partial charge in [0.05, 0.1) is 26.5 Å². The smallest absolute Gasteiger partial charge is 0.248 e. The van der Waals surface area contributed by atoms with Crippen LogP contribution in [0.5, 0.6) is 17.2 Å². The third-order valence-electron chi connectivity index (χ3n) is 3.30. The highest BCUT2D eigenvalue weighted by atomic mass is 16.5. The molecule has 0 aliphatic rings. The molecular formula is C19H21NO4. The van der Waals surface area contributed by atoms with Gasteiger partial charge in [-0.1, -0.05) is 12.1 Å². The van der Waals surface area contributed by atoms with E-state index in [1.54, 1.807) is 32.4 Å². The Morgan fingerprint density at radius 3 is 2.58 bits per heavy atom. The average Bonchev–Trinajstić information content (AvgIpc) is 2.61. The second-order valence-electron chi connectivity index (χ2n) is 4.86. The van der Waals surface area contributed by atoms with E-state index in [1.807, 2.05) is 37.3 Å². The van der Waals surface area contributed by atoms with Gasteiger partial charge in [0.1, 0.15) is 17.2 Å². The van der Waals surface area contributed by atoms with Crippen LogP contribution in [-0.4, -0.2) is 26.7 Å². The zero-order chi connectivity index (χ0) is 17.4. The van der Waals surface area contributed by atoms with Crippen molar-refractivity contribution in [3.05, 3.63) is 54.1 Å². The van der Waals surface area contributed by atoms with E-state index in [9.17, 15) is 4.79 Å². The number of ether oxygens (including phenoxy) is 3. The number of rotatable bonds is 7. The van der Waals surface area contributed by atoms with Crippen LogP contribution in [0.4, 0.5) is 5.69 Å². The summed E-state index contributed by atoms with van der Waals surface area (Å²) in [5.41, 5.74) is 1.42. The summed E-state index contributed by atoms with van der Waals surface area (Å²) in [4.78, 5) is 12.1. The minimum Gasteiger partial charge on any atom is -0.497 e. The molecule has 2 rings (SSSR count). The Bertz CT molecular complexity index is 725. The molecule has 0 heterocycles. The lowest BCUT2D eigenvalue weighted by Gasteiger charge is -2.10. The summed E-state index contributed by atoms with van der Waals surface area (Å²) in [6.07, 6.45) is 3.14. The van der Waals surface area contributed by atoms with Crippen LogP contribution in [0.15, 0.2) is 48.5 Å². The molecule has 0 aliphatic heterocycles. The van der Waals surface area contributed by atoms with Crippen LogP contribution < -0.4 is 19.5 Å². The molecule has 0 radical (unpaired) electrons. The van der Waals surface area contributed by atoms with E-state index in [1.165, 1.54) is 6.08 Å². The quantitative estimate of drug-likeness (QED) is 0.787. The highest BCUT2D eigenvalue weighted by molar-refractivity contribution is 6.02. The second-order valence-corrected chi connectivity index (χ2v) is 4.86. The standard InChI is InChI=1S/C19H21NO4/c1-4-24-17-8-6-5-7-16(17)20-19(21)12-10-14-9-11-15(22-2)13-18(14)23-3/h5-13H,4H2,1-3H3,(H,20,21)/b12-10+. The van der Waals surface area contributed by atoms with E-state index in [-0.39, 0.29) is 5.91 Å². The largest absolute Gasteiger partial charge is 0.497 e. The van der Waals surface area contributed by atoms with Crippen molar-refractivity contribution >= 4 is 17.7 Å². The van der Waals surface area contributed by atoms with Crippen LogP contribution in [0.25, 0.3) is 6.08 Å². The number of carbonyl (C=O) groups excluding carboxylic acids is 1. The average molecular weight is 327 g/mol. The molecule has 24 heavy (non-hydrogen) atoms. The van der Waals surface area contributed by atoms with Gasteiger partial charge in [0.15, 0.2) is 0 Å². The molecule has 0 aromatic heterocycles. The van der Waals surface area contributed by atoms with Crippen LogP contribution >= 0.6 is 0 Å². The molecule has 5 nitrogen and oxygen atoms in total. The Morgan fingerprint density at radius 2 is 1.88 bits per heavy atom. The van der Waals surface area contributed by atoms with E-state index >= 15 is 0 Å². The van der Waals surface area contributed by atoms with Gasteiger partial charge in [-0.25, -0.2) is 0 Å². The van der Waals surface area contributed by atoms with Crippen molar-refractivity contribution in [2.75, 3.05) is 26.1 Å². The Hall–Kier alpha value is -2.95. The Labute approximate surface area is 141 Å². The van der Waals surface area contributed by atoms with Gasteiger partial charge in [-0.2, -0.15) is 0 Å². The van der Waals surface area contributed by atoms with Crippen LogP contribution in [0, 0.1) is 0 Å². The predicted octanol–water partition coefficient (Wildman–Crippen LogP) is 3.75. The Morgan fingerprint density at radius 1 is 1.08 bits per heavy atom. The third-order valence-corrected chi connectivity index (χ3v) is 3.30. The number of carbonyl (C=O) groups is 1. The summed E-state index contributed by atoms with van der Waals surface area (Å²) >= 11 is 0. The number of amides is 1. The van der Waals surface area contributed by atoms with Crippen molar-refractivity contribution < 1.29 is 19.0 Å². The predicted molar refractivity (Wildman–Crippen MR) is 94.8 cm³/mol. The van der Waals surface area contributed by atoms with Crippen molar-refractivity contribution in [1.29, 1.82) is 0 Å². The van der Waals surface area contributed by atoms with Crippen molar-refractivity contribution in [2.45, 2.75) is 6.92 Å². The number of hydrogen-bond acceptors (Lipinski definition) is 4. The van der Waals surface area contributed by atoms with Crippen LogP contribution in [0.1, 0.15) is 12.5 Å². The Kier molecular flexibility index (Phi) is 6.25. The van der Waals surface area contributed by atoms with Crippen LogP contribution in [0.3, 0.4) is 0 Å². The first-order chi connectivity index (χ1) is 11.7. The van der Waals surface area contributed by atoms with Gasteiger partial charge in [0.25, 0.3) is 0 Å². The van der Waals surface area contributed by atoms with E-state index in [2.05, 4.69) is 5.32 Å². The van der Waals surface area contributed by atoms with Crippen molar-refractivity contribution in [2.24, 2.45) is 0 Å². The summed E-state index contributed by atoms with van der Waals surface area (Å²) in [5, 5.41) is 2.81. The minimum absolute atomic E-state index is 0.250. The fraction of sp³-hybridized carbons (Fsp3) is 0.211. The highest BCUT2D eigenvalue weighted by Crippen LogP contribution is 2.26. The van der Waals surface area contributed by atoms with Crippen LogP contribution in [0.2, 0.25) is 0 Å². The highest BCUT2D eigenvalue weighted by Gasteiger charge is 2.06. The lowest BCUT2D eigenvalue weighted by molar-refractivity contribution is -0.111. The van der Waals surface area contributed by atoms with Gasteiger partial charge in [-0.05, 0) is 37.3 Å². The Balaban J connectivity index is 2.11. The zero-order valence-electron chi connectivity index (χ0n) is 14.0. The number of nitrogens with one attached hydrogen (secondary N) is 1. The van der Waals surface area contributed by atoms with Crippen molar-refractivity contribution in [1.82, 2.24) is 0 Å². The number of benzene rings is 2. The van der Waals surface area contributed by atoms with Gasteiger partial charge in [0, 0.05) is 17.7 Å². The zero-order valence-corrected chi connectivity index (χ0v) is 14.0. The van der Waals surface area contributed by atoms with Gasteiger partial charge in [0.2, 0.25) is 5.91 Å². The molecule has 0 saturated heterocycles. The molecule has 0 unspecified atom stereocenters. The first kappa shape index (κ1) is 17.4. The van der Waals surface area contributed by atoms with Gasteiger partial charge < -0.3 is 19.5 Å². The lowest BCUT2D eigenvalue weighted by atomic mass is 10.1. The summed E-state index contributed by atoms with van der Waals surface area (Å²) in [6.45, 7) is 2.43. The van der Waals surface area contributed by atoms with Gasteiger partial charge >= 0.3 is 0 Å². The molecule has 0 bridgehead atoms. The summed E-state index contributed by atoms with van der Waals surface area (Å²) in [7, 11) is 3.16. The third kappa shape index (κ3) is 4.52. The molecule has 2 aromatic carbocycles. The molecule has 2 aromatic rings. The maximum Gasteiger partial charge on any atom is 0.248 e. The topological polar surface area (TPSA) is 56.8 Å². The van der Waals surface area contributed by atoms with E-state index in [0.717, 1.165) is 5.56 Å². The second kappa shape index (κ2) is 8.62. The van der Waals surface area contributed by atoms with Gasteiger partial charge in [-0.15, -0.1) is 0 Å². The lowest BCUT2D eigenvalue weighted by Crippen LogP contribution is -2.09. The molecule has 1 N–H and O–H groups in total. The number of para-hydroxylation sites is 2. The fourth-order valence-electron chi connectivity index (χ4n) is 2.15. The summed E-state index contributed by atoms with van der Waals surface area (Å²) < 4.78 is 16.0. The first-order valence-electron chi connectivity index (χ1n) is 7.60. The number of hydrogen-bond donors (Lipinski definition) is 1. The molecule has 1 amide bonds. The molecule has 0 fully saturated rings. The monoisotopic (exact) mass is 327 g/mol. The molecule has 5 heteroatoms. The molecular weight excluding hydrogens is 306 g/mol. The van der Waals surface area contributed by atoms with Crippen LogP contribution in [-0.2, 0) is 4.79 Å². The van der Waals surface area contributed by atoms with E-state index in [4.69, 9.17) is 14.2 Å². The molecule has 0 atom stereocenters. The van der Waals surface area contributed by atoms with E-state index < -0.39 is 0 Å². The normalized spacial score (nSPS) is 10.5. The molecule has 0 spiro atoms. The minimum atomic E-state index is -0.250. The van der Waals surface area contributed by atoms with Crippen molar-refractivity contribution in [3.8, 4) is 17.2 Å². The molecule has 0 aliphatic carbocycles. The maximum atomic E-state index is 12.1. The van der Waals surface area contributed by atoms with E-state index in [0.29, 0.717) is 29.5 Å².